The Labute approximate surface area is 138 Å². The lowest BCUT2D eigenvalue weighted by atomic mass is 10.1. The zero-order chi connectivity index (χ0) is 16.4. The molecule has 1 N–H and O–H groups in total. The molecule has 3 rings (SSSR count). The Morgan fingerprint density at radius 2 is 1.30 bits per heavy atom. The average molecular weight is 317 g/mol. The Morgan fingerprint density at radius 1 is 0.870 bits per heavy atom. The van der Waals surface area contributed by atoms with Gasteiger partial charge in [-0.3, -0.25) is 0 Å². The molecular formula is C18H27N3O2. The smallest absolute Gasteiger partial charge is 0.210 e. The topological polar surface area (TPSA) is 55.2 Å². The van der Waals surface area contributed by atoms with E-state index in [9.17, 15) is 0 Å². The van der Waals surface area contributed by atoms with Crippen LogP contribution in [0.15, 0.2) is 33.5 Å². The van der Waals surface area contributed by atoms with Crippen molar-refractivity contribution in [3.63, 3.8) is 0 Å². The Balaban J connectivity index is 1.61. The van der Waals surface area contributed by atoms with Crippen LogP contribution >= 0.6 is 0 Å². The molecule has 126 valence electrons. The first-order chi connectivity index (χ1) is 11.0. The summed E-state index contributed by atoms with van der Waals surface area (Å²) >= 11 is 0. The van der Waals surface area contributed by atoms with Gasteiger partial charge in [0.2, 0.25) is 11.8 Å². The lowest BCUT2D eigenvalue weighted by Gasteiger charge is -2.06. The van der Waals surface area contributed by atoms with Crippen LogP contribution in [0.5, 0.6) is 0 Å². The highest BCUT2D eigenvalue weighted by Crippen LogP contribution is 2.22. The van der Waals surface area contributed by atoms with E-state index in [1.54, 1.807) is 0 Å². The summed E-state index contributed by atoms with van der Waals surface area (Å²) < 4.78 is 11.3. The number of allylic oxidation sites excluding steroid dienone is 2. The van der Waals surface area contributed by atoms with Crippen LogP contribution < -0.4 is 5.32 Å². The highest BCUT2D eigenvalue weighted by atomic mass is 16.5. The lowest BCUT2D eigenvalue weighted by Crippen LogP contribution is -2.13. The SMILES string of the molecule is CC(C)[C@H]1COC(/C=C2/CC/C(=C/C3=N[C@@H](C(C)C)CO3)N2)=N1. The zero-order valence-electron chi connectivity index (χ0n) is 14.5. The van der Waals surface area contributed by atoms with Gasteiger partial charge in [-0.2, -0.15) is 0 Å². The van der Waals surface area contributed by atoms with Gasteiger partial charge >= 0.3 is 0 Å². The molecule has 5 nitrogen and oxygen atoms in total. The second kappa shape index (κ2) is 6.77. The molecule has 23 heavy (non-hydrogen) atoms. The van der Waals surface area contributed by atoms with Crippen molar-refractivity contribution in [3.05, 3.63) is 23.5 Å². The van der Waals surface area contributed by atoms with Gasteiger partial charge in [-0.25, -0.2) is 9.98 Å². The second-order valence-electron chi connectivity index (χ2n) is 7.14. The third kappa shape index (κ3) is 3.95. The Hall–Kier alpha value is -1.78. The van der Waals surface area contributed by atoms with Crippen molar-refractivity contribution in [1.29, 1.82) is 0 Å². The monoisotopic (exact) mass is 317 g/mol. The van der Waals surface area contributed by atoms with Crippen LogP contribution in [0.2, 0.25) is 0 Å². The molecular weight excluding hydrogens is 290 g/mol. The average Bonchev–Trinajstić information content (AvgIpc) is 3.21. The van der Waals surface area contributed by atoms with Gasteiger partial charge < -0.3 is 14.8 Å². The molecule has 0 aromatic heterocycles. The Kier molecular flexibility index (Phi) is 4.74. The van der Waals surface area contributed by atoms with Crippen molar-refractivity contribution in [3.8, 4) is 0 Å². The molecule has 3 aliphatic heterocycles. The van der Waals surface area contributed by atoms with E-state index in [0.717, 1.165) is 36.0 Å². The maximum atomic E-state index is 5.66. The molecule has 0 saturated carbocycles. The molecule has 0 bridgehead atoms. The molecule has 5 heteroatoms. The predicted molar refractivity (Wildman–Crippen MR) is 92.6 cm³/mol. The van der Waals surface area contributed by atoms with Crippen molar-refractivity contribution in [2.24, 2.45) is 21.8 Å². The largest absolute Gasteiger partial charge is 0.476 e. The molecule has 0 aliphatic carbocycles. The first-order valence-corrected chi connectivity index (χ1v) is 8.60. The van der Waals surface area contributed by atoms with Gasteiger partial charge in [0.05, 0.1) is 12.1 Å². The third-order valence-corrected chi connectivity index (χ3v) is 4.51. The Morgan fingerprint density at radius 3 is 1.65 bits per heavy atom. The van der Waals surface area contributed by atoms with E-state index in [4.69, 9.17) is 9.47 Å². The van der Waals surface area contributed by atoms with Crippen molar-refractivity contribution in [2.45, 2.75) is 52.6 Å². The van der Waals surface area contributed by atoms with E-state index in [0.29, 0.717) is 25.0 Å². The molecule has 0 amide bonds. The van der Waals surface area contributed by atoms with Crippen molar-refractivity contribution in [2.75, 3.05) is 13.2 Å². The summed E-state index contributed by atoms with van der Waals surface area (Å²) in [5.74, 6) is 2.54. The quantitative estimate of drug-likeness (QED) is 0.867. The predicted octanol–water partition coefficient (Wildman–Crippen LogP) is 3.04. The van der Waals surface area contributed by atoms with Crippen molar-refractivity contribution < 1.29 is 9.47 Å². The van der Waals surface area contributed by atoms with Crippen molar-refractivity contribution in [1.82, 2.24) is 5.32 Å². The number of hydrogen-bond donors (Lipinski definition) is 1. The highest BCUT2D eigenvalue weighted by molar-refractivity contribution is 5.91. The van der Waals surface area contributed by atoms with E-state index >= 15 is 0 Å². The number of nitrogens with zero attached hydrogens (tertiary/aromatic N) is 2. The van der Waals surface area contributed by atoms with Crippen LogP contribution in [0, 0.1) is 11.8 Å². The molecule has 0 unspecified atom stereocenters. The second-order valence-corrected chi connectivity index (χ2v) is 7.14. The summed E-state index contributed by atoms with van der Waals surface area (Å²) in [6, 6.07) is 0.569. The minimum atomic E-state index is 0.285. The van der Waals surface area contributed by atoms with Gasteiger partial charge in [-0.05, 0) is 24.7 Å². The fourth-order valence-electron chi connectivity index (χ4n) is 2.77. The molecule has 2 atom stereocenters. The van der Waals surface area contributed by atoms with E-state index in [2.05, 4.69) is 43.0 Å². The maximum Gasteiger partial charge on any atom is 0.210 e. The van der Waals surface area contributed by atoms with Crippen molar-refractivity contribution >= 4 is 11.8 Å². The van der Waals surface area contributed by atoms with Gasteiger partial charge in [-0.15, -0.1) is 0 Å². The van der Waals surface area contributed by atoms with E-state index < -0.39 is 0 Å². The highest BCUT2D eigenvalue weighted by Gasteiger charge is 2.23. The standard InChI is InChI=1S/C18H27N3O2/c1-11(2)15-9-22-17(20-15)7-13-5-6-14(19-13)8-18-21-16(10-23-18)12(3)4/h7-8,11-12,15-16,19H,5-6,9-10H2,1-4H3/b13-7-,14-8-/t15-,16-/m1/s1. The fourth-order valence-corrected chi connectivity index (χ4v) is 2.77. The van der Waals surface area contributed by atoms with E-state index in [-0.39, 0.29) is 12.1 Å². The summed E-state index contributed by atoms with van der Waals surface area (Å²) in [4.78, 5) is 9.24. The van der Waals surface area contributed by atoms with E-state index in [1.165, 1.54) is 0 Å². The van der Waals surface area contributed by atoms with Gasteiger partial charge in [0.25, 0.3) is 0 Å². The van der Waals surface area contributed by atoms with Crippen LogP contribution in [0.1, 0.15) is 40.5 Å². The fraction of sp³-hybridized carbons (Fsp3) is 0.667. The van der Waals surface area contributed by atoms with Gasteiger partial charge in [0, 0.05) is 23.5 Å². The summed E-state index contributed by atoms with van der Waals surface area (Å²) in [5, 5.41) is 3.43. The number of ether oxygens (including phenoxy) is 2. The van der Waals surface area contributed by atoms with Gasteiger partial charge in [0.15, 0.2) is 0 Å². The van der Waals surface area contributed by atoms with Crippen LogP contribution in [-0.2, 0) is 9.47 Å². The normalized spacial score (nSPS) is 30.7. The number of rotatable bonds is 4. The summed E-state index contributed by atoms with van der Waals surface area (Å²) in [6.45, 7) is 10.1. The minimum absolute atomic E-state index is 0.285. The van der Waals surface area contributed by atoms with Crippen LogP contribution in [-0.4, -0.2) is 37.1 Å². The molecule has 1 saturated heterocycles. The molecule has 1 fully saturated rings. The molecule has 0 spiro atoms. The third-order valence-electron chi connectivity index (χ3n) is 4.51. The molecule has 0 radical (unpaired) electrons. The number of nitrogens with one attached hydrogen (secondary N) is 1. The van der Waals surface area contributed by atoms with Gasteiger partial charge in [-0.1, -0.05) is 27.7 Å². The summed E-state index contributed by atoms with van der Waals surface area (Å²) in [5.41, 5.74) is 2.30. The molecule has 3 heterocycles. The zero-order valence-corrected chi connectivity index (χ0v) is 14.5. The number of aliphatic imine (C=N–C) groups is 2. The lowest BCUT2D eigenvalue weighted by molar-refractivity contribution is 0.292. The minimum Gasteiger partial charge on any atom is -0.476 e. The van der Waals surface area contributed by atoms with Gasteiger partial charge in [0.1, 0.15) is 13.2 Å². The first kappa shape index (κ1) is 16.1. The first-order valence-electron chi connectivity index (χ1n) is 8.60. The summed E-state index contributed by atoms with van der Waals surface area (Å²) in [7, 11) is 0. The van der Waals surface area contributed by atoms with Crippen LogP contribution in [0.4, 0.5) is 0 Å². The maximum absolute atomic E-state index is 5.66. The van der Waals surface area contributed by atoms with Crippen LogP contribution in [0.3, 0.4) is 0 Å². The molecule has 3 aliphatic rings. The van der Waals surface area contributed by atoms with Crippen LogP contribution in [0.25, 0.3) is 0 Å². The number of hydrogen-bond acceptors (Lipinski definition) is 5. The summed E-state index contributed by atoms with van der Waals surface area (Å²) in [6.07, 6.45) is 6.00. The molecule has 0 aromatic carbocycles. The molecule has 0 aromatic rings. The Bertz CT molecular complexity index is 523. The van der Waals surface area contributed by atoms with E-state index in [1.807, 2.05) is 12.2 Å².